The fraction of sp³-hybridized carbons (Fsp3) is 0.357. The Morgan fingerprint density at radius 3 is 3.00 bits per heavy atom. The summed E-state index contributed by atoms with van der Waals surface area (Å²) in [5.41, 5.74) is 1.24. The minimum absolute atomic E-state index is 0.280. The van der Waals surface area contributed by atoms with Gasteiger partial charge in [-0.05, 0) is 31.0 Å². The van der Waals surface area contributed by atoms with Crippen LogP contribution in [0.25, 0.3) is 0 Å². The van der Waals surface area contributed by atoms with Gasteiger partial charge in [-0.3, -0.25) is 14.7 Å². The highest BCUT2D eigenvalue weighted by molar-refractivity contribution is 6.34. The van der Waals surface area contributed by atoms with Gasteiger partial charge in [-0.2, -0.15) is 0 Å². The number of halogens is 1. The third kappa shape index (κ3) is 2.71. The Labute approximate surface area is 127 Å². The molecule has 0 spiro atoms. The number of amides is 1. The smallest absolute Gasteiger partial charge is 0.259 e. The first-order chi connectivity index (χ1) is 10.2. The van der Waals surface area contributed by atoms with Crippen LogP contribution < -0.4 is 10.6 Å². The third-order valence-electron chi connectivity index (χ3n) is 3.58. The molecule has 0 fully saturated rings. The van der Waals surface area contributed by atoms with Crippen molar-refractivity contribution in [2.45, 2.75) is 25.8 Å². The van der Waals surface area contributed by atoms with Crippen LogP contribution in [0.4, 0.5) is 11.6 Å². The molecule has 110 valence electrons. The third-order valence-corrected chi connectivity index (χ3v) is 3.91. The van der Waals surface area contributed by atoms with Crippen LogP contribution in [0.2, 0.25) is 5.02 Å². The van der Waals surface area contributed by atoms with Gasteiger partial charge in [-0.15, -0.1) is 10.2 Å². The molecule has 0 saturated carbocycles. The van der Waals surface area contributed by atoms with Crippen LogP contribution in [0.15, 0.2) is 18.2 Å². The van der Waals surface area contributed by atoms with E-state index in [1.807, 2.05) is 10.6 Å². The molecule has 7 heteroatoms. The number of carbonyl (C=O) groups is 1. The number of hydrogen-bond acceptors (Lipinski definition) is 4. The van der Waals surface area contributed by atoms with E-state index in [1.165, 1.54) is 0 Å². The van der Waals surface area contributed by atoms with Crippen molar-refractivity contribution in [1.29, 1.82) is 0 Å². The lowest BCUT2D eigenvalue weighted by atomic mass is 10.1. The molecule has 0 saturated heterocycles. The molecule has 21 heavy (non-hydrogen) atoms. The maximum atomic E-state index is 12.4. The average Bonchev–Trinajstić information content (AvgIpc) is 2.91. The van der Waals surface area contributed by atoms with E-state index < -0.39 is 0 Å². The van der Waals surface area contributed by atoms with Gasteiger partial charge in [0.05, 0.1) is 10.6 Å². The molecule has 1 aliphatic rings. The van der Waals surface area contributed by atoms with Gasteiger partial charge in [-0.25, -0.2) is 0 Å². The van der Waals surface area contributed by atoms with Crippen molar-refractivity contribution in [3.63, 3.8) is 0 Å². The predicted octanol–water partition coefficient (Wildman–Crippen LogP) is 2.56. The van der Waals surface area contributed by atoms with Crippen LogP contribution in [0.5, 0.6) is 0 Å². The maximum Gasteiger partial charge on any atom is 0.259 e. The van der Waals surface area contributed by atoms with Gasteiger partial charge in [0.15, 0.2) is 0 Å². The van der Waals surface area contributed by atoms with Crippen molar-refractivity contribution in [2.75, 3.05) is 17.7 Å². The van der Waals surface area contributed by atoms with Gasteiger partial charge >= 0.3 is 0 Å². The summed E-state index contributed by atoms with van der Waals surface area (Å²) in [5, 5.41) is 14.4. The number of rotatable bonds is 3. The van der Waals surface area contributed by atoms with Crippen LogP contribution >= 0.6 is 11.6 Å². The maximum absolute atomic E-state index is 12.4. The standard InChI is InChI=1S/C14H16ClN5O/c1-16-9-5-6-11(15)10(8-9)13(21)17-14-19-18-12-4-2-3-7-20(12)14/h5-6,8,16H,2-4,7H2,1H3,(H,17,19,21). The summed E-state index contributed by atoms with van der Waals surface area (Å²) in [6, 6.07) is 5.23. The predicted molar refractivity (Wildman–Crippen MR) is 81.9 cm³/mol. The first-order valence-corrected chi connectivity index (χ1v) is 7.27. The fourth-order valence-corrected chi connectivity index (χ4v) is 2.63. The molecule has 0 radical (unpaired) electrons. The summed E-state index contributed by atoms with van der Waals surface area (Å²) < 4.78 is 1.96. The molecule has 0 bridgehead atoms. The first kappa shape index (κ1) is 13.9. The van der Waals surface area contributed by atoms with Gasteiger partial charge < -0.3 is 5.32 Å². The van der Waals surface area contributed by atoms with Crippen molar-refractivity contribution in [1.82, 2.24) is 14.8 Å². The highest BCUT2D eigenvalue weighted by Gasteiger charge is 2.19. The molecule has 2 N–H and O–H groups in total. The van der Waals surface area contributed by atoms with Crippen LogP contribution in [0.3, 0.4) is 0 Å². The van der Waals surface area contributed by atoms with Crippen LogP contribution in [-0.4, -0.2) is 27.7 Å². The minimum Gasteiger partial charge on any atom is -0.388 e. The number of nitrogens with zero attached hydrogens (tertiary/aromatic N) is 3. The van der Waals surface area contributed by atoms with Crippen molar-refractivity contribution in [3.05, 3.63) is 34.6 Å². The molecule has 1 aromatic carbocycles. The lowest BCUT2D eigenvalue weighted by Gasteiger charge is -2.15. The van der Waals surface area contributed by atoms with E-state index in [0.717, 1.165) is 37.3 Å². The van der Waals surface area contributed by atoms with Gasteiger partial charge in [-0.1, -0.05) is 11.6 Å². The monoisotopic (exact) mass is 305 g/mol. The first-order valence-electron chi connectivity index (χ1n) is 6.90. The van der Waals surface area contributed by atoms with Crippen molar-refractivity contribution < 1.29 is 4.79 Å². The topological polar surface area (TPSA) is 71.8 Å². The van der Waals surface area contributed by atoms with Crippen molar-refractivity contribution in [3.8, 4) is 0 Å². The second-order valence-corrected chi connectivity index (χ2v) is 5.35. The number of nitrogens with one attached hydrogen (secondary N) is 2. The van der Waals surface area contributed by atoms with E-state index in [0.29, 0.717) is 16.5 Å². The largest absolute Gasteiger partial charge is 0.388 e. The molecule has 2 aromatic rings. The summed E-state index contributed by atoms with van der Waals surface area (Å²) in [7, 11) is 1.79. The second-order valence-electron chi connectivity index (χ2n) is 4.95. The summed E-state index contributed by atoms with van der Waals surface area (Å²) in [5.74, 6) is 1.13. The molecule has 0 atom stereocenters. The molecular weight excluding hydrogens is 290 g/mol. The summed E-state index contributed by atoms with van der Waals surface area (Å²) >= 11 is 6.10. The normalized spacial score (nSPS) is 13.6. The van der Waals surface area contributed by atoms with Gasteiger partial charge in [0.2, 0.25) is 5.95 Å². The zero-order valence-electron chi connectivity index (χ0n) is 11.7. The Morgan fingerprint density at radius 1 is 1.33 bits per heavy atom. The Hall–Kier alpha value is -2.08. The van der Waals surface area contributed by atoms with Crippen LogP contribution in [0, 0.1) is 0 Å². The lowest BCUT2D eigenvalue weighted by molar-refractivity contribution is 0.102. The number of hydrogen-bond donors (Lipinski definition) is 2. The number of benzene rings is 1. The molecular formula is C14H16ClN5O. The molecule has 0 unspecified atom stereocenters. The molecule has 0 aliphatic carbocycles. The molecule has 1 amide bonds. The molecule has 1 aliphatic heterocycles. The zero-order chi connectivity index (χ0) is 14.8. The molecule has 3 rings (SSSR count). The van der Waals surface area contributed by atoms with Gasteiger partial charge in [0.25, 0.3) is 5.91 Å². The average molecular weight is 306 g/mol. The SMILES string of the molecule is CNc1ccc(Cl)c(C(=O)Nc2nnc3n2CCCC3)c1. The lowest BCUT2D eigenvalue weighted by Crippen LogP contribution is -2.19. The Kier molecular flexibility index (Phi) is 3.79. The van der Waals surface area contributed by atoms with E-state index in [4.69, 9.17) is 11.6 Å². The van der Waals surface area contributed by atoms with E-state index in [2.05, 4.69) is 20.8 Å². The quantitative estimate of drug-likeness (QED) is 0.914. The fourth-order valence-electron chi connectivity index (χ4n) is 2.42. The summed E-state index contributed by atoms with van der Waals surface area (Å²) in [6.45, 7) is 0.836. The van der Waals surface area contributed by atoms with E-state index in [1.54, 1.807) is 19.2 Å². The Balaban J connectivity index is 1.85. The summed E-state index contributed by atoms with van der Waals surface area (Å²) in [4.78, 5) is 12.4. The van der Waals surface area contributed by atoms with Crippen LogP contribution in [-0.2, 0) is 13.0 Å². The second kappa shape index (κ2) is 5.73. The highest BCUT2D eigenvalue weighted by Crippen LogP contribution is 2.22. The number of carbonyl (C=O) groups excluding carboxylic acids is 1. The minimum atomic E-state index is -0.280. The summed E-state index contributed by atoms with van der Waals surface area (Å²) in [6.07, 6.45) is 3.09. The van der Waals surface area contributed by atoms with Gasteiger partial charge in [0.1, 0.15) is 5.82 Å². The highest BCUT2D eigenvalue weighted by atomic mass is 35.5. The van der Waals surface area contributed by atoms with Gasteiger partial charge in [0, 0.05) is 25.7 Å². The Bertz CT molecular complexity index is 682. The Morgan fingerprint density at radius 2 is 2.19 bits per heavy atom. The molecule has 1 aromatic heterocycles. The zero-order valence-corrected chi connectivity index (χ0v) is 12.4. The molecule has 6 nitrogen and oxygen atoms in total. The van der Waals surface area contributed by atoms with E-state index in [9.17, 15) is 4.79 Å². The van der Waals surface area contributed by atoms with Crippen molar-refractivity contribution in [2.24, 2.45) is 0 Å². The van der Waals surface area contributed by atoms with E-state index >= 15 is 0 Å². The molecule has 2 heterocycles. The number of aromatic nitrogens is 3. The van der Waals surface area contributed by atoms with Crippen LogP contribution in [0.1, 0.15) is 29.0 Å². The van der Waals surface area contributed by atoms with E-state index in [-0.39, 0.29) is 5.91 Å². The number of aryl methyl sites for hydroxylation is 1. The number of fused-ring (bicyclic) bond motifs is 1. The van der Waals surface area contributed by atoms with Crippen molar-refractivity contribution >= 4 is 29.1 Å². The number of anilines is 2.